The van der Waals surface area contributed by atoms with Crippen LogP contribution >= 0.6 is 0 Å². The Labute approximate surface area is 195 Å². The predicted molar refractivity (Wildman–Crippen MR) is 131 cm³/mol. The van der Waals surface area contributed by atoms with Crippen molar-refractivity contribution in [3.05, 3.63) is 34.9 Å². The van der Waals surface area contributed by atoms with Crippen LogP contribution in [0.15, 0.2) is 18.2 Å². The average molecular weight is 445 g/mol. The lowest BCUT2D eigenvalue weighted by molar-refractivity contribution is 0.0526. The fourth-order valence-electron chi connectivity index (χ4n) is 4.15. The van der Waals surface area contributed by atoms with Crippen LogP contribution in [0, 0.1) is 5.92 Å². The van der Waals surface area contributed by atoms with E-state index in [1.54, 1.807) is 0 Å². The van der Waals surface area contributed by atoms with Gasteiger partial charge >= 0.3 is 6.09 Å². The van der Waals surface area contributed by atoms with E-state index in [2.05, 4.69) is 22.3 Å². The van der Waals surface area contributed by atoms with Gasteiger partial charge in [0.15, 0.2) is 5.78 Å². The second-order valence-electron chi connectivity index (χ2n) is 10.4. The lowest BCUT2D eigenvalue weighted by Crippen LogP contribution is -2.32. The number of hydrogen-bond acceptors (Lipinski definition) is 4. The van der Waals surface area contributed by atoms with Gasteiger partial charge in [0, 0.05) is 31.1 Å². The molecule has 1 aromatic carbocycles. The van der Waals surface area contributed by atoms with E-state index < -0.39 is 5.60 Å². The van der Waals surface area contributed by atoms with E-state index in [4.69, 9.17) is 4.74 Å². The summed E-state index contributed by atoms with van der Waals surface area (Å²) in [5, 5.41) is 2.83. The third-order valence-corrected chi connectivity index (χ3v) is 5.98. The molecule has 0 saturated carbocycles. The lowest BCUT2D eigenvalue weighted by atomic mass is 9.95. The van der Waals surface area contributed by atoms with Crippen LogP contribution in [0.25, 0.3) is 0 Å². The zero-order valence-corrected chi connectivity index (χ0v) is 21.0. The van der Waals surface area contributed by atoms with Crippen LogP contribution in [0.2, 0.25) is 0 Å². The van der Waals surface area contributed by atoms with E-state index >= 15 is 0 Å². The summed E-state index contributed by atoms with van der Waals surface area (Å²) in [6, 6.07) is 6.32. The standard InChI is InChI=1S/C27H44N2O3/c1-21(2)25(30)24-13-12-22-14-18-29(19-15-23(22)20-24)17-11-9-7-6-8-10-16-28-26(31)32-27(3,4)5/h12-13,20-21H,6-11,14-19H2,1-5H3,(H,28,31). The summed E-state index contributed by atoms with van der Waals surface area (Å²) in [5.74, 6) is 0.297. The number of unbranched alkanes of at least 4 members (excludes halogenated alkanes) is 5. The number of fused-ring (bicyclic) bond motifs is 1. The number of nitrogens with zero attached hydrogens (tertiary/aromatic N) is 1. The molecule has 0 unspecified atom stereocenters. The highest BCUT2D eigenvalue weighted by Crippen LogP contribution is 2.20. The molecule has 0 aliphatic carbocycles. The first-order chi connectivity index (χ1) is 15.2. The van der Waals surface area contributed by atoms with Crippen molar-refractivity contribution in [2.45, 2.75) is 91.6 Å². The van der Waals surface area contributed by atoms with Crippen LogP contribution in [-0.4, -0.2) is 48.6 Å². The van der Waals surface area contributed by atoms with Crippen molar-refractivity contribution in [3.8, 4) is 0 Å². The SMILES string of the molecule is CC(C)C(=O)c1ccc2c(c1)CCN(CCCCCCCCNC(=O)OC(C)(C)C)CC2. The van der Waals surface area contributed by atoms with Crippen LogP contribution in [0.1, 0.15) is 94.6 Å². The zero-order valence-electron chi connectivity index (χ0n) is 21.0. The highest BCUT2D eigenvalue weighted by atomic mass is 16.6. The van der Waals surface area contributed by atoms with Crippen LogP contribution in [0.4, 0.5) is 4.79 Å². The maximum atomic E-state index is 12.3. The van der Waals surface area contributed by atoms with Gasteiger partial charge in [0.2, 0.25) is 0 Å². The average Bonchev–Trinajstić information content (AvgIpc) is 2.92. The first-order valence-electron chi connectivity index (χ1n) is 12.5. The number of ketones is 1. The molecule has 180 valence electrons. The number of amides is 1. The van der Waals surface area contributed by atoms with Gasteiger partial charge in [0.1, 0.15) is 5.60 Å². The summed E-state index contributed by atoms with van der Waals surface area (Å²) in [6.45, 7) is 13.6. The fraction of sp³-hybridized carbons (Fsp3) is 0.704. The number of Topliss-reactive ketones (excluding diaryl/α,β-unsaturated/α-hetero) is 1. The summed E-state index contributed by atoms with van der Waals surface area (Å²) in [4.78, 5) is 26.5. The van der Waals surface area contributed by atoms with E-state index in [1.165, 1.54) is 36.8 Å². The molecule has 0 radical (unpaired) electrons. The Morgan fingerprint density at radius 2 is 1.59 bits per heavy atom. The summed E-state index contributed by atoms with van der Waals surface area (Å²) in [6.07, 6.45) is 8.92. The monoisotopic (exact) mass is 444 g/mol. The molecule has 1 N–H and O–H groups in total. The smallest absolute Gasteiger partial charge is 0.407 e. The number of carbonyl (C=O) groups excluding carboxylic acids is 2. The number of alkyl carbamates (subject to hydrolysis) is 1. The zero-order chi connectivity index (χ0) is 23.6. The molecule has 2 rings (SSSR count). The summed E-state index contributed by atoms with van der Waals surface area (Å²) < 4.78 is 5.24. The van der Waals surface area contributed by atoms with Crippen LogP contribution < -0.4 is 5.32 Å². The molecule has 1 aliphatic heterocycles. The van der Waals surface area contributed by atoms with Gasteiger partial charge in [-0.05, 0) is 70.2 Å². The molecule has 0 spiro atoms. The quantitative estimate of drug-likeness (QED) is 0.347. The topological polar surface area (TPSA) is 58.6 Å². The Kier molecular flexibility index (Phi) is 10.7. The summed E-state index contributed by atoms with van der Waals surface area (Å²) >= 11 is 0. The molecule has 0 saturated heterocycles. The maximum Gasteiger partial charge on any atom is 0.407 e. The third-order valence-electron chi connectivity index (χ3n) is 5.98. The molecule has 32 heavy (non-hydrogen) atoms. The van der Waals surface area contributed by atoms with Gasteiger partial charge in [-0.3, -0.25) is 4.79 Å². The number of carbonyl (C=O) groups is 2. The Hall–Kier alpha value is -1.88. The van der Waals surface area contributed by atoms with E-state index in [9.17, 15) is 9.59 Å². The Bertz CT molecular complexity index is 737. The van der Waals surface area contributed by atoms with Crippen molar-refractivity contribution in [2.24, 2.45) is 5.92 Å². The Morgan fingerprint density at radius 3 is 2.25 bits per heavy atom. The van der Waals surface area contributed by atoms with E-state index in [0.717, 1.165) is 50.9 Å². The van der Waals surface area contributed by atoms with Crippen molar-refractivity contribution >= 4 is 11.9 Å². The van der Waals surface area contributed by atoms with Gasteiger partial charge in [0.05, 0.1) is 0 Å². The van der Waals surface area contributed by atoms with Crippen molar-refractivity contribution < 1.29 is 14.3 Å². The molecule has 0 atom stereocenters. The maximum absolute atomic E-state index is 12.3. The van der Waals surface area contributed by atoms with Gasteiger partial charge in [-0.1, -0.05) is 51.7 Å². The van der Waals surface area contributed by atoms with E-state index in [1.807, 2.05) is 40.7 Å². The number of hydrogen-bond donors (Lipinski definition) is 1. The third kappa shape index (κ3) is 9.72. The van der Waals surface area contributed by atoms with Crippen molar-refractivity contribution in [2.75, 3.05) is 26.2 Å². The van der Waals surface area contributed by atoms with Crippen molar-refractivity contribution in [3.63, 3.8) is 0 Å². The van der Waals surface area contributed by atoms with Crippen LogP contribution in [0.5, 0.6) is 0 Å². The number of ether oxygens (including phenoxy) is 1. The predicted octanol–water partition coefficient (Wildman–Crippen LogP) is 5.79. The minimum atomic E-state index is -0.435. The number of benzene rings is 1. The summed E-state index contributed by atoms with van der Waals surface area (Å²) in [5.41, 5.74) is 3.20. The number of nitrogens with one attached hydrogen (secondary N) is 1. The first kappa shape index (κ1) is 26.4. The molecule has 5 nitrogen and oxygen atoms in total. The Morgan fingerprint density at radius 1 is 0.969 bits per heavy atom. The minimum Gasteiger partial charge on any atom is -0.444 e. The van der Waals surface area contributed by atoms with Gasteiger partial charge in [-0.25, -0.2) is 4.79 Å². The van der Waals surface area contributed by atoms with Crippen LogP contribution in [0.3, 0.4) is 0 Å². The van der Waals surface area contributed by atoms with Crippen LogP contribution in [-0.2, 0) is 17.6 Å². The molecule has 1 amide bonds. The Balaban J connectivity index is 1.56. The molecule has 1 aliphatic rings. The molecule has 0 bridgehead atoms. The van der Waals surface area contributed by atoms with E-state index in [0.29, 0.717) is 6.54 Å². The minimum absolute atomic E-state index is 0.0524. The number of rotatable bonds is 11. The van der Waals surface area contributed by atoms with Gasteiger partial charge in [-0.2, -0.15) is 0 Å². The van der Waals surface area contributed by atoms with Crippen molar-refractivity contribution in [1.29, 1.82) is 0 Å². The van der Waals surface area contributed by atoms with Crippen molar-refractivity contribution in [1.82, 2.24) is 10.2 Å². The second-order valence-corrected chi connectivity index (χ2v) is 10.4. The molecule has 0 aromatic heterocycles. The van der Waals surface area contributed by atoms with E-state index in [-0.39, 0.29) is 17.8 Å². The van der Waals surface area contributed by atoms with Gasteiger partial charge in [-0.15, -0.1) is 0 Å². The van der Waals surface area contributed by atoms with Gasteiger partial charge in [0.25, 0.3) is 0 Å². The normalized spacial score (nSPS) is 14.7. The molecule has 5 heteroatoms. The second kappa shape index (κ2) is 13.0. The molecular formula is C27H44N2O3. The summed E-state index contributed by atoms with van der Waals surface area (Å²) in [7, 11) is 0. The lowest BCUT2D eigenvalue weighted by Gasteiger charge is -2.19. The highest BCUT2D eigenvalue weighted by molar-refractivity contribution is 5.97. The van der Waals surface area contributed by atoms with Gasteiger partial charge < -0.3 is 15.0 Å². The molecule has 1 heterocycles. The molecule has 1 aromatic rings. The molecule has 0 fully saturated rings. The highest BCUT2D eigenvalue weighted by Gasteiger charge is 2.17. The first-order valence-corrected chi connectivity index (χ1v) is 12.5. The fourth-order valence-corrected chi connectivity index (χ4v) is 4.15. The molecular weight excluding hydrogens is 400 g/mol. The largest absolute Gasteiger partial charge is 0.444 e.